The maximum atomic E-state index is 5.78. The maximum absolute atomic E-state index is 5.78. The molecule has 0 amide bonds. The molecule has 6 nitrogen and oxygen atoms in total. The van der Waals surface area contributed by atoms with Crippen molar-refractivity contribution in [2.24, 2.45) is 5.84 Å². The quantitative estimate of drug-likeness (QED) is 0.643. The van der Waals surface area contributed by atoms with Crippen molar-refractivity contribution in [3.8, 4) is 11.5 Å². The Morgan fingerprint density at radius 2 is 1.81 bits per heavy atom. The van der Waals surface area contributed by atoms with Gasteiger partial charge in [0.05, 0.1) is 31.6 Å². The zero-order valence-corrected chi connectivity index (χ0v) is 12.7. The summed E-state index contributed by atoms with van der Waals surface area (Å²) >= 11 is 0. The molecule has 2 rings (SSSR count). The van der Waals surface area contributed by atoms with Crippen LogP contribution in [0.3, 0.4) is 0 Å². The van der Waals surface area contributed by atoms with Crippen LogP contribution in [0, 0.1) is 13.8 Å². The molecule has 1 heterocycles. The highest BCUT2D eigenvalue weighted by molar-refractivity contribution is 5.46. The van der Waals surface area contributed by atoms with Gasteiger partial charge in [-0.1, -0.05) is 0 Å². The normalized spacial score (nSPS) is 12.0. The third-order valence-corrected chi connectivity index (χ3v) is 3.37. The van der Waals surface area contributed by atoms with Crippen LogP contribution in [0.25, 0.3) is 0 Å². The number of hydrogen-bond acceptors (Lipinski definition) is 6. The average Bonchev–Trinajstić information content (AvgIpc) is 2.51. The first-order chi connectivity index (χ1) is 10.1. The van der Waals surface area contributed by atoms with Gasteiger partial charge in [-0.15, -0.1) is 0 Å². The maximum Gasteiger partial charge on any atom is 0.124 e. The van der Waals surface area contributed by atoms with Gasteiger partial charge >= 0.3 is 0 Å². The highest BCUT2D eigenvalue weighted by atomic mass is 16.5. The van der Waals surface area contributed by atoms with Gasteiger partial charge in [-0.2, -0.15) is 10.2 Å². The topological polar surface area (TPSA) is 82.3 Å². The third kappa shape index (κ3) is 3.12. The van der Waals surface area contributed by atoms with E-state index in [2.05, 4.69) is 15.6 Å². The largest absolute Gasteiger partial charge is 0.497 e. The van der Waals surface area contributed by atoms with Crippen LogP contribution in [-0.4, -0.2) is 24.4 Å². The molecular formula is C15H20N4O2. The molecule has 1 unspecified atom stereocenters. The molecule has 21 heavy (non-hydrogen) atoms. The van der Waals surface area contributed by atoms with Gasteiger partial charge in [-0.05, 0) is 43.7 Å². The van der Waals surface area contributed by atoms with Crippen molar-refractivity contribution < 1.29 is 9.47 Å². The van der Waals surface area contributed by atoms with Gasteiger partial charge in [-0.3, -0.25) is 5.84 Å². The highest BCUT2D eigenvalue weighted by Crippen LogP contribution is 2.33. The van der Waals surface area contributed by atoms with Crippen LogP contribution in [0.1, 0.15) is 28.6 Å². The van der Waals surface area contributed by atoms with E-state index in [0.717, 1.165) is 34.0 Å². The predicted molar refractivity (Wildman–Crippen MR) is 80.2 cm³/mol. The molecule has 6 heteroatoms. The van der Waals surface area contributed by atoms with E-state index < -0.39 is 0 Å². The molecule has 0 saturated carbocycles. The van der Waals surface area contributed by atoms with Crippen LogP contribution in [0.2, 0.25) is 0 Å². The zero-order chi connectivity index (χ0) is 15.4. The minimum Gasteiger partial charge on any atom is -0.497 e. The van der Waals surface area contributed by atoms with Crippen molar-refractivity contribution in [1.82, 2.24) is 15.6 Å². The van der Waals surface area contributed by atoms with Crippen LogP contribution in [0.5, 0.6) is 11.5 Å². The first-order valence-corrected chi connectivity index (χ1v) is 6.59. The van der Waals surface area contributed by atoms with Gasteiger partial charge in [0, 0.05) is 5.56 Å². The summed E-state index contributed by atoms with van der Waals surface area (Å²) < 4.78 is 10.7. The molecule has 2 aromatic rings. The van der Waals surface area contributed by atoms with Crippen LogP contribution < -0.4 is 20.7 Å². The van der Waals surface area contributed by atoms with Crippen LogP contribution >= 0.6 is 0 Å². The molecule has 3 N–H and O–H groups in total. The van der Waals surface area contributed by atoms with Crippen molar-refractivity contribution in [3.63, 3.8) is 0 Å². The molecule has 0 bridgehead atoms. The molecule has 1 aromatic carbocycles. The lowest BCUT2D eigenvalue weighted by Crippen LogP contribution is -2.30. The number of ether oxygens (including phenoxy) is 2. The number of nitrogens with one attached hydrogen (secondary N) is 1. The van der Waals surface area contributed by atoms with Crippen LogP contribution in [0.4, 0.5) is 0 Å². The minimum atomic E-state index is -0.260. The predicted octanol–water partition coefficient (Wildman–Crippen LogP) is 1.66. The van der Waals surface area contributed by atoms with E-state index in [1.165, 1.54) is 0 Å². The molecular weight excluding hydrogens is 268 g/mol. The SMILES string of the molecule is COc1ccc(OC)c(C(NN)c2cc(C)nnc2C)c1. The molecule has 0 aliphatic heterocycles. The molecule has 0 spiro atoms. The number of hydrogen-bond donors (Lipinski definition) is 2. The third-order valence-electron chi connectivity index (χ3n) is 3.37. The fraction of sp³-hybridized carbons (Fsp3) is 0.333. The molecule has 112 valence electrons. The summed E-state index contributed by atoms with van der Waals surface area (Å²) in [7, 11) is 3.25. The summed E-state index contributed by atoms with van der Waals surface area (Å²) in [5.41, 5.74) is 6.31. The minimum absolute atomic E-state index is 0.260. The first-order valence-electron chi connectivity index (χ1n) is 6.59. The van der Waals surface area contributed by atoms with Crippen LogP contribution in [-0.2, 0) is 0 Å². The second kappa shape index (κ2) is 6.51. The first kappa shape index (κ1) is 15.2. The average molecular weight is 288 g/mol. The van der Waals surface area contributed by atoms with Crippen molar-refractivity contribution in [2.75, 3.05) is 14.2 Å². The fourth-order valence-corrected chi connectivity index (χ4v) is 2.27. The van der Waals surface area contributed by atoms with Crippen molar-refractivity contribution in [2.45, 2.75) is 19.9 Å². The lowest BCUT2D eigenvalue weighted by Gasteiger charge is -2.21. The van der Waals surface area contributed by atoms with Gasteiger partial charge in [0.25, 0.3) is 0 Å². The van der Waals surface area contributed by atoms with Crippen molar-refractivity contribution >= 4 is 0 Å². The lowest BCUT2D eigenvalue weighted by molar-refractivity contribution is 0.394. The summed E-state index contributed by atoms with van der Waals surface area (Å²) in [6.45, 7) is 3.80. The molecule has 0 fully saturated rings. The molecule has 0 saturated heterocycles. The van der Waals surface area contributed by atoms with E-state index >= 15 is 0 Å². The summed E-state index contributed by atoms with van der Waals surface area (Å²) in [6, 6.07) is 7.31. The molecule has 1 atom stereocenters. The van der Waals surface area contributed by atoms with E-state index in [9.17, 15) is 0 Å². The summed E-state index contributed by atoms with van der Waals surface area (Å²) in [5, 5.41) is 8.20. The summed E-state index contributed by atoms with van der Waals surface area (Å²) in [4.78, 5) is 0. The Bertz CT molecular complexity index is 631. The van der Waals surface area contributed by atoms with Gasteiger partial charge < -0.3 is 9.47 Å². The van der Waals surface area contributed by atoms with Gasteiger partial charge in [0.1, 0.15) is 11.5 Å². The number of nitrogens with zero attached hydrogens (tertiary/aromatic N) is 2. The van der Waals surface area contributed by atoms with Gasteiger partial charge in [0.15, 0.2) is 0 Å². The zero-order valence-electron chi connectivity index (χ0n) is 12.7. The van der Waals surface area contributed by atoms with E-state index in [4.69, 9.17) is 15.3 Å². The standard InChI is InChI=1S/C15H20N4O2/c1-9-7-12(10(2)19-18-9)15(17-16)13-8-11(20-3)5-6-14(13)21-4/h5-8,15,17H,16H2,1-4H3. The fourth-order valence-electron chi connectivity index (χ4n) is 2.27. The van der Waals surface area contributed by atoms with E-state index in [1.54, 1.807) is 14.2 Å². The smallest absolute Gasteiger partial charge is 0.124 e. The Balaban J connectivity index is 2.57. The number of benzene rings is 1. The Kier molecular flexibility index (Phi) is 4.72. The van der Waals surface area contributed by atoms with Crippen molar-refractivity contribution in [3.05, 3.63) is 46.8 Å². The van der Waals surface area contributed by atoms with Crippen LogP contribution in [0.15, 0.2) is 24.3 Å². The Hall–Kier alpha value is -2.18. The van der Waals surface area contributed by atoms with E-state index in [-0.39, 0.29) is 6.04 Å². The second-order valence-corrected chi connectivity index (χ2v) is 4.73. The Labute approximate surface area is 124 Å². The van der Waals surface area contributed by atoms with E-state index in [1.807, 2.05) is 38.1 Å². The Morgan fingerprint density at radius 1 is 1.05 bits per heavy atom. The summed E-state index contributed by atoms with van der Waals surface area (Å²) in [5.74, 6) is 7.24. The number of nitrogens with two attached hydrogens (primary N) is 1. The van der Waals surface area contributed by atoms with E-state index in [0.29, 0.717) is 0 Å². The second-order valence-electron chi connectivity index (χ2n) is 4.73. The lowest BCUT2D eigenvalue weighted by atomic mass is 9.97. The molecule has 0 radical (unpaired) electrons. The Morgan fingerprint density at radius 3 is 2.43 bits per heavy atom. The molecule has 0 aliphatic rings. The van der Waals surface area contributed by atoms with Gasteiger partial charge in [-0.25, -0.2) is 5.43 Å². The number of methoxy groups -OCH3 is 2. The monoisotopic (exact) mass is 288 g/mol. The number of aromatic nitrogens is 2. The van der Waals surface area contributed by atoms with Crippen molar-refractivity contribution in [1.29, 1.82) is 0 Å². The highest BCUT2D eigenvalue weighted by Gasteiger charge is 2.20. The number of aryl methyl sites for hydroxylation is 2. The number of hydrazine groups is 1. The number of rotatable bonds is 5. The van der Waals surface area contributed by atoms with Gasteiger partial charge in [0.2, 0.25) is 0 Å². The molecule has 0 aliphatic carbocycles. The molecule has 1 aromatic heterocycles. The summed E-state index contributed by atoms with van der Waals surface area (Å²) in [6.07, 6.45) is 0.